The van der Waals surface area contributed by atoms with Crippen LogP contribution >= 0.6 is 23.2 Å². The van der Waals surface area contributed by atoms with Crippen LogP contribution in [0.5, 0.6) is 5.75 Å². The molecule has 3 rings (SSSR count). The minimum atomic E-state index is -0.358. The highest BCUT2D eigenvalue weighted by Crippen LogP contribution is 2.23. The van der Waals surface area contributed by atoms with Crippen LogP contribution in [-0.4, -0.2) is 17.7 Å². The molecule has 0 aliphatic heterocycles. The summed E-state index contributed by atoms with van der Waals surface area (Å²) in [4.78, 5) is 11.9. The number of carbonyl (C=O) groups excluding carboxylic acids is 1. The molecule has 1 N–H and O–H groups in total. The van der Waals surface area contributed by atoms with Gasteiger partial charge in [0.15, 0.2) is 6.61 Å². The van der Waals surface area contributed by atoms with Gasteiger partial charge in [0, 0.05) is 21.7 Å². The van der Waals surface area contributed by atoms with Crippen molar-refractivity contribution in [2.75, 3.05) is 11.9 Å². The molecule has 0 atom stereocenters. The molecule has 7 heteroatoms. The van der Waals surface area contributed by atoms with E-state index >= 15 is 0 Å². The van der Waals surface area contributed by atoms with E-state index in [0.717, 1.165) is 5.56 Å². The summed E-state index contributed by atoms with van der Waals surface area (Å²) in [6, 6.07) is 15.5. The topological polar surface area (TPSA) is 64.4 Å². The lowest BCUT2D eigenvalue weighted by Crippen LogP contribution is -2.19. The number of hydrogen-bond acceptors (Lipinski definition) is 4. The number of hydrogen-bond donors (Lipinski definition) is 1. The van der Waals surface area contributed by atoms with E-state index in [0.29, 0.717) is 21.5 Å². The first-order valence-electron chi connectivity index (χ1n) is 7.01. The molecule has 0 bridgehead atoms. The average Bonchev–Trinajstić information content (AvgIpc) is 3.03. The largest absolute Gasteiger partial charge is 0.484 e. The number of anilines is 1. The van der Waals surface area contributed by atoms with Gasteiger partial charge < -0.3 is 9.26 Å². The van der Waals surface area contributed by atoms with Crippen LogP contribution in [0.15, 0.2) is 59.1 Å². The van der Waals surface area contributed by atoms with E-state index in [1.54, 1.807) is 42.5 Å². The zero-order chi connectivity index (χ0) is 16.9. The molecular formula is C17H12Cl2N2O3. The van der Waals surface area contributed by atoms with Crippen molar-refractivity contribution in [1.29, 1.82) is 0 Å². The highest BCUT2D eigenvalue weighted by atomic mass is 35.5. The summed E-state index contributed by atoms with van der Waals surface area (Å²) in [5.74, 6) is 0.433. The Kier molecular flexibility index (Phi) is 5.03. The SMILES string of the molecule is O=C(COc1ccc(Cl)cc1)Nc1cc(-c2ccc(Cl)cc2)no1. The monoisotopic (exact) mass is 362 g/mol. The van der Waals surface area contributed by atoms with Gasteiger partial charge in [-0.1, -0.05) is 40.5 Å². The van der Waals surface area contributed by atoms with E-state index in [1.807, 2.05) is 12.1 Å². The molecule has 0 saturated heterocycles. The number of amides is 1. The van der Waals surface area contributed by atoms with Crippen molar-refractivity contribution in [3.8, 4) is 17.0 Å². The second-order valence-corrected chi connectivity index (χ2v) is 5.75. The summed E-state index contributed by atoms with van der Waals surface area (Å²) in [7, 11) is 0. The molecule has 1 aromatic heterocycles. The van der Waals surface area contributed by atoms with E-state index in [2.05, 4.69) is 10.5 Å². The molecule has 24 heavy (non-hydrogen) atoms. The first-order chi connectivity index (χ1) is 11.6. The maximum Gasteiger partial charge on any atom is 0.264 e. The molecule has 0 spiro atoms. The van der Waals surface area contributed by atoms with E-state index in [4.69, 9.17) is 32.5 Å². The Balaban J connectivity index is 1.57. The predicted octanol–water partition coefficient (Wildman–Crippen LogP) is 4.67. The second-order valence-electron chi connectivity index (χ2n) is 4.87. The van der Waals surface area contributed by atoms with Crippen LogP contribution in [0.3, 0.4) is 0 Å². The van der Waals surface area contributed by atoms with Crippen LogP contribution in [0, 0.1) is 0 Å². The van der Waals surface area contributed by atoms with Gasteiger partial charge in [0.25, 0.3) is 5.91 Å². The smallest absolute Gasteiger partial charge is 0.264 e. The highest BCUT2D eigenvalue weighted by Gasteiger charge is 2.10. The highest BCUT2D eigenvalue weighted by molar-refractivity contribution is 6.30. The van der Waals surface area contributed by atoms with Gasteiger partial charge in [-0.3, -0.25) is 10.1 Å². The van der Waals surface area contributed by atoms with Gasteiger partial charge in [0.05, 0.1) is 0 Å². The lowest BCUT2D eigenvalue weighted by atomic mass is 10.1. The van der Waals surface area contributed by atoms with E-state index in [9.17, 15) is 4.79 Å². The maximum absolute atomic E-state index is 11.9. The number of nitrogens with one attached hydrogen (secondary N) is 1. The quantitative estimate of drug-likeness (QED) is 0.716. The van der Waals surface area contributed by atoms with Crippen LogP contribution in [-0.2, 0) is 4.79 Å². The lowest BCUT2D eigenvalue weighted by Gasteiger charge is -2.05. The molecule has 0 aliphatic rings. The molecule has 1 heterocycles. The predicted molar refractivity (Wildman–Crippen MR) is 92.5 cm³/mol. The van der Waals surface area contributed by atoms with Gasteiger partial charge >= 0.3 is 0 Å². The van der Waals surface area contributed by atoms with Crippen molar-refractivity contribution in [2.24, 2.45) is 0 Å². The Labute approximate surface area is 148 Å². The molecule has 0 fully saturated rings. The van der Waals surface area contributed by atoms with E-state index in [1.165, 1.54) is 0 Å². The van der Waals surface area contributed by atoms with Crippen LogP contribution in [0.4, 0.5) is 5.88 Å². The number of carbonyl (C=O) groups is 1. The standard InChI is InChI=1S/C17H12Cl2N2O3/c18-12-3-1-11(2-4-12)15-9-17(24-21-15)20-16(22)10-23-14-7-5-13(19)6-8-14/h1-9H,10H2,(H,20,22). The van der Waals surface area contributed by atoms with Crippen molar-refractivity contribution in [3.05, 3.63) is 64.6 Å². The van der Waals surface area contributed by atoms with Gasteiger partial charge in [0.1, 0.15) is 11.4 Å². The van der Waals surface area contributed by atoms with Gasteiger partial charge in [-0.25, -0.2) is 0 Å². The zero-order valence-corrected chi connectivity index (χ0v) is 13.8. The van der Waals surface area contributed by atoms with Crippen molar-refractivity contribution in [2.45, 2.75) is 0 Å². The molecule has 122 valence electrons. The number of aromatic nitrogens is 1. The molecule has 0 saturated carbocycles. The second kappa shape index (κ2) is 7.38. The minimum Gasteiger partial charge on any atom is -0.484 e. The molecule has 2 aromatic carbocycles. The Morgan fingerprint density at radius 3 is 2.33 bits per heavy atom. The Morgan fingerprint density at radius 2 is 1.67 bits per heavy atom. The van der Waals surface area contributed by atoms with Gasteiger partial charge in [-0.15, -0.1) is 0 Å². The fraction of sp³-hybridized carbons (Fsp3) is 0.0588. The summed E-state index contributed by atoms with van der Waals surface area (Å²) in [6.45, 7) is -0.154. The van der Waals surface area contributed by atoms with Gasteiger partial charge in [-0.05, 0) is 36.4 Å². The molecular weight excluding hydrogens is 351 g/mol. The first kappa shape index (κ1) is 16.4. The molecule has 0 radical (unpaired) electrons. The molecule has 5 nitrogen and oxygen atoms in total. The molecule has 1 amide bonds. The molecule has 0 unspecified atom stereocenters. The van der Waals surface area contributed by atoms with Crippen molar-refractivity contribution in [3.63, 3.8) is 0 Å². The van der Waals surface area contributed by atoms with E-state index < -0.39 is 0 Å². The van der Waals surface area contributed by atoms with Gasteiger partial charge in [-0.2, -0.15) is 0 Å². The average molecular weight is 363 g/mol. The van der Waals surface area contributed by atoms with Crippen molar-refractivity contribution < 1.29 is 14.1 Å². The summed E-state index contributed by atoms with van der Waals surface area (Å²) < 4.78 is 10.5. The van der Waals surface area contributed by atoms with E-state index in [-0.39, 0.29) is 18.4 Å². The summed E-state index contributed by atoms with van der Waals surface area (Å²) >= 11 is 11.6. The Hall–Kier alpha value is -2.50. The third-order valence-electron chi connectivity index (χ3n) is 3.10. The van der Waals surface area contributed by atoms with Crippen LogP contribution in [0.1, 0.15) is 0 Å². The van der Waals surface area contributed by atoms with Gasteiger partial charge in [0.2, 0.25) is 5.88 Å². The summed E-state index contributed by atoms with van der Waals surface area (Å²) in [6.07, 6.45) is 0. The number of nitrogens with zero attached hydrogens (tertiary/aromatic N) is 1. The summed E-state index contributed by atoms with van der Waals surface area (Å²) in [5.41, 5.74) is 1.43. The number of benzene rings is 2. The Morgan fingerprint density at radius 1 is 1.04 bits per heavy atom. The third kappa shape index (κ3) is 4.28. The van der Waals surface area contributed by atoms with Crippen molar-refractivity contribution >= 4 is 35.0 Å². The van der Waals surface area contributed by atoms with Crippen LogP contribution in [0.25, 0.3) is 11.3 Å². The van der Waals surface area contributed by atoms with Crippen molar-refractivity contribution in [1.82, 2.24) is 5.16 Å². The normalized spacial score (nSPS) is 10.4. The van der Waals surface area contributed by atoms with Crippen LogP contribution in [0.2, 0.25) is 10.0 Å². The Bertz CT molecular complexity index is 830. The maximum atomic E-state index is 11.9. The molecule has 3 aromatic rings. The summed E-state index contributed by atoms with van der Waals surface area (Å²) in [5, 5.41) is 7.72. The lowest BCUT2D eigenvalue weighted by molar-refractivity contribution is -0.118. The number of halogens is 2. The van der Waals surface area contributed by atoms with Crippen LogP contribution < -0.4 is 10.1 Å². The number of ether oxygens (including phenoxy) is 1. The fourth-order valence-corrected chi connectivity index (χ4v) is 2.20. The first-order valence-corrected chi connectivity index (χ1v) is 7.76. The zero-order valence-electron chi connectivity index (χ0n) is 12.3. The fourth-order valence-electron chi connectivity index (χ4n) is 1.94. The molecule has 0 aliphatic carbocycles. The number of rotatable bonds is 5. The third-order valence-corrected chi connectivity index (χ3v) is 3.60. The minimum absolute atomic E-state index is 0.154.